The molecular weight excluding hydrogens is 297 g/mol. The molecule has 122 valence electrons. The van der Waals surface area contributed by atoms with E-state index in [-0.39, 0.29) is 25.3 Å². The van der Waals surface area contributed by atoms with Crippen molar-refractivity contribution >= 4 is 5.91 Å². The van der Waals surface area contributed by atoms with Gasteiger partial charge in [0.15, 0.2) is 0 Å². The number of aliphatic hydroxyl groups is 1. The molecule has 1 unspecified atom stereocenters. The molecular formula is C18H20FNO3. The zero-order chi connectivity index (χ0) is 16.7. The average molecular weight is 317 g/mol. The lowest BCUT2D eigenvalue weighted by Gasteiger charge is -2.19. The summed E-state index contributed by atoms with van der Waals surface area (Å²) in [6, 6.07) is 13.5. The highest BCUT2D eigenvalue weighted by Gasteiger charge is 2.16. The van der Waals surface area contributed by atoms with Crippen molar-refractivity contribution in [3.8, 4) is 0 Å². The summed E-state index contributed by atoms with van der Waals surface area (Å²) in [4.78, 5) is 12.1. The molecule has 0 saturated carbocycles. The Morgan fingerprint density at radius 3 is 2.57 bits per heavy atom. The van der Waals surface area contributed by atoms with Gasteiger partial charge in [0.05, 0.1) is 24.9 Å². The van der Waals surface area contributed by atoms with Crippen LogP contribution in [0.1, 0.15) is 27.6 Å². The highest BCUT2D eigenvalue weighted by atomic mass is 19.1. The van der Waals surface area contributed by atoms with E-state index in [0.717, 1.165) is 11.1 Å². The molecule has 1 amide bonds. The van der Waals surface area contributed by atoms with E-state index in [1.807, 2.05) is 31.2 Å². The zero-order valence-corrected chi connectivity index (χ0v) is 13.0. The van der Waals surface area contributed by atoms with Crippen molar-refractivity contribution in [3.63, 3.8) is 0 Å². The summed E-state index contributed by atoms with van der Waals surface area (Å²) < 4.78 is 19.2. The van der Waals surface area contributed by atoms with Crippen LogP contribution in [0.3, 0.4) is 0 Å². The molecule has 0 aromatic heterocycles. The van der Waals surface area contributed by atoms with Gasteiger partial charge in [-0.3, -0.25) is 4.79 Å². The second kappa shape index (κ2) is 8.41. The lowest BCUT2D eigenvalue weighted by molar-refractivity contribution is 0.0277. The third-order valence-corrected chi connectivity index (χ3v) is 3.43. The molecule has 2 aromatic rings. The summed E-state index contributed by atoms with van der Waals surface area (Å²) in [6.07, 6.45) is -0.404. The Morgan fingerprint density at radius 1 is 1.22 bits per heavy atom. The summed E-state index contributed by atoms with van der Waals surface area (Å²) in [5.41, 5.74) is 2.00. The Kier molecular flexibility index (Phi) is 6.26. The maximum atomic E-state index is 13.6. The Labute approximate surface area is 134 Å². The lowest BCUT2D eigenvalue weighted by atomic mass is 10.1. The van der Waals surface area contributed by atoms with E-state index in [4.69, 9.17) is 9.84 Å². The second-order valence-corrected chi connectivity index (χ2v) is 5.18. The van der Waals surface area contributed by atoms with Gasteiger partial charge in [-0.05, 0) is 24.6 Å². The van der Waals surface area contributed by atoms with Gasteiger partial charge in [0.1, 0.15) is 5.82 Å². The van der Waals surface area contributed by atoms with Crippen LogP contribution in [0.5, 0.6) is 0 Å². The molecule has 1 atom stereocenters. The van der Waals surface area contributed by atoms with Crippen molar-refractivity contribution in [1.29, 1.82) is 0 Å². The van der Waals surface area contributed by atoms with Crippen LogP contribution in [0.4, 0.5) is 4.39 Å². The van der Waals surface area contributed by atoms with Crippen LogP contribution >= 0.6 is 0 Å². The Hall–Kier alpha value is -2.24. The second-order valence-electron chi connectivity index (χ2n) is 5.18. The van der Waals surface area contributed by atoms with Gasteiger partial charge in [0.2, 0.25) is 0 Å². The predicted molar refractivity (Wildman–Crippen MR) is 85.7 cm³/mol. The van der Waals surface area contributed by atoms with Gasteiger partial charge in [-0.1, -0.05) is 42.0 Å². The summed E-state index contributed by atoms with van der Waals surface area (Å²) >= 11 is 0. The third-order valence-electron chi connectivity index (χ3n) is 3.43. The van der Waals surface area contributed by atoms with E-state index >= 15 is 0 Å². The molecule has 2 N–H and O–H groups in total. The molecule has 4 nitrogen and oxygen atoms in total. The van der Waals surface area contributed by atoms with Crippen molar-refractivity contribution < 1.29 is 19.0 Å². The lowest BCUT2D eigenvalue weighted by Crippen LogP contribution is -2.30. The first-order chi connectivity index (χ1) is 11.1. The highest BCUT2D eigenvalue weighted by molar-refractivity contribution is 5.94. The SMILES string of the molecule is Cc1ccc(C(CNC(=O)c2ccccc2F)OCCO)cc1. The Bertz CT molecular complexity index is 643. The van der Waals surface area contributed by atoms with E-state index in [1.54, 1.807) is 6.07 Å². The largest absolute Gasteiger partial charge is 0.394 e. The first-order valence-electron chi connectivity index (χ1n) is 7.43. The smallest absolute Gasteiger partial charge is 0.254 e. The maximum absolute atomic E-state index is 13.6. The Balaban J connectivity index is 2.04. The zero-order valence-electron chi connectivity index (χ0n) is 13.0. The topological polar surface area (TPSA) is 58.6 Å². The standard InChI is InChI=1S/C18H20FNO3/c1-13-6-8-14(9-7-13)17(23-11-10-21)12-20-18(22)15-4-2-3-5-16(15)19/h2-9,17,21H,10-12H2,1H3,(H,20,22). The fraction of sp³-hybridized carbons (Fsp3) is 0.278. The van der Waals surface area contributed by atoms with Gasteiger partial charge in [0, 0.05) is 6.54 Å². The first kappa shape index (κ1) is 17.1. The molecule has 2 rings (SSSR count). The van der Waals surface area contributed by atoms with Gasteiger partial charge >= 0.3 is 0 Å². The molecule has 0 aliphatic carbocycles. The number of halogens is 1. The summed E-state index contributed by atoms with van der Waals surface area (Å²) in [7, 11) is 0. The van der Waals surface area contributed by atoms with Gasteiger partial charge in [-0.2, -0.15) is 0 Å². The number of amides is 1. The van der Waals surface area contributed by atoms with Crippen LogP contribution in [0.2, 0.25) is 0 Å². The Morgan fingerprint density at radius 2 is 1.91 bits per heavy atom. The van der Waals surface area contributed by atoms with Crippen molar-refractivity contribution in [2.24, 2.45) is 0 Å². The number of benzene rings is 2. The number of hydrogen-bond acceptors (Lipinski definition) is 3. The van der Waals surface area contributed by atoms with Crippen LogP contribution < -0.4 is 5.32 Å². The van der Waals surface area contributed by atoms with Crippen molar-refractivity contribution in [3.05, 3.63) is 71.0 Å². The van der Waals surface area contributed by atoms with Crippen molar-refractivity contribution in [2.45, 2.75) is 13.0 Å². The van der Waals surface area contributed by atoms with E-state index in [0.29, 0.717) is 0 Å². The quantitative estimate of drug-likeness (QED) is 0.825. The monoisotopic (exact) mass is 317 g/mol. The number of ether oxygens (including phenoxy) is 1. The molecule has 0 saturated heterocycles. The minimum absolute atomic E-state index is 0.00249. The molecule has 2 aromatic carbocycles. The van der Waals surface area contributed by atoms with Gasteiger partial charge < -0.3 is 15.2 Å². The molecule has 0 heterocycles. The minimum atomic E-state index is -0.562. The number of carbonyl (C=O) groups is 1. The molecule has 0 spiro atoms. The summed E-state index contributed by atoms with van der Waals surface area (Å²) in [5, 5.41) is 11.6. The normalized spacial score (nSPS) is 12.0. The summed E-state index contributed by atoms with van der Waals surface area (Å²) in [5.74, 6) is -1.05. The van der Waals surface area contributed by atoms with E-state index in [1.165, 1.54) is 18.2 Å². The number of aliphatic hydroxyl groups excluding tert-OH is 1. The van der Waals surface area contributed by atoms with Gasteiger partial charge in [0.25, 0.3) is 5.91 Å². The molecule has 0 fully saturated rings. The fourth-order valence-electron chi connectivity index (χ4n) is 2.18. The van der Waals surface area contributed by atoms with Crippen LogP contribution in [0, 0.1) is 12.7 Å². The molecule has 0 bridgehead atoms. The number of aryl methyl sites for hydroxylation is 1. The third kappa shape index (κ3) is 4.87. The molecule has 0 aliphatic heterocycles. The van der Waals surface area contributed by atoms with Crippen LogP contribution in [0.15, 0.2) is 48.5 Å². The summed E-state index contributed by atoms with van der Waals surface area (Å²) in [6.45, 7) is 2.22. The van der Waals surface area contributed by atoms with Gasteiger partial charge in [-0.25, -0.2) is 4.39 Å². The van der Waals surface area contributed by atoms with Crippen LogP contribution in [0.25, 0.3) is 0 Å². The number of carbonyl (C=O) groups excluding carboxylic acids is 1. The van der Waals surface area contributed by atoms with E-state index in [9.17, 15) is 9.18 Å². The fourth-order valence-corrected chi connectivity index (χ4v) is 2.18. The number of rotatable bonds is 7. The van der Waals surface area contributed by atoms with Crippen molar-refractivity contribution in [2.75, 3.05) is 19.8 Å². The predicted octanol–water partition coefficient (Wildman–Crippen LogP) is 2.61. The molecule has 0 aliphatic rings. The molecule has 0 radical (unpaired) electrons. The maximum Gasteiger partial charge on any atom is 0.254 e. The minimum Gasteiger partial charge on any atom is -0.394 e. The van der Waals surface area contributed by atoms with Crippen LogP contribution in [-0.4, -0.2) is 30.8 Å². The average Bonchev–Trinajstić information content (AvgIpc) is 2.56. The van der Waals surface area contributed by atoms with Crippen LogP contribution in [-0.2, 0) is 4.74 Å². The molecule has 23 heavy (non-hydrogen) atoms. The number of hydrogen-bond donors (Lipinski definition) is 2. The van der Waals surface area contributed by atoms with E-state index in [2.05, 4.69) is 5.32 Å². The first-order valence-corrected chi connectivity index (χ1v) is 7.43. The van der Waals surface area contributed by atoms with Gasteiger partial charge in [-0.15, -0.1) is 0 Å². The molecule has 5 heteroatoms. The highest BCUT2D eigenvalue weighted by Crippen LogP contribution is 2.17. The van der Waals surface area contributed by atoms with Crippen molar-refractivity contribution in [1.82, 2.24) is 5.32 Å². The number of nitrogens with one attached hydrogen (secondary N) is 1. The van der Waals surface area contributed by atoms with E-state index < -0.39 is 17.8 Å².